The lowest BCUT2D eigenvalue weighted by atomic mass is 9.88. The average molecular weight is 421 g/mol. The molecule has 0 amide bonds. The van der Waals surface area contributed by atoms with Gasteiger partial charge in [0, 0.05) is 14.1 Å². The van der Waals surface area contributed by atoms with Crippen LogP contribution in [0.25, 0.3) is 0 Å². The van der Waals surface area contributed by atoms with E-state index in [0.717, 1.165) is 24.6 Å². The molecule has 0 aromatic rings. The molecule has 0 rings (SSSR count). The topological polar surface area (TPSA) is 76.0 Å². The Kier molecular flexibility index (Phi) is 10.8. The Morgan fingerprint density at radius 3 is 2.23 bits per heavy atom. The molecule has 0 heterocycles. The van der Waals surface area contributed by atoms with E-state index >= 15 is 0 Å². The lowest BCUT2D eigenvalue weighted by Gasteiger charge is -2.38. The highest BCUT2D eigenvalue weighted by atomic mass is 28.4. The molecule has 0 saturated heterocycles. The molecule has 0 radical (unpaired) electrons. The van der Waals surface area contributed by atoms with Gasteiger partial charge in [-0.05, 0) is 51.5 Å². The maximum atomic E-state index is 11.9. The highest BCUT2D eigenvalue weighted by Crippen LogP contribution is 2.33. The minimum Gasteiger partial charge on any atom is -0.458 e. The number of aliphatic hydroxyl groups excluding tert-OH is 2. The fourth-order valence-electron chi connectivity index (χ4n) is 2.97. The van der Waals surface area contributed by atoms with Crippen LogP contribution in [-0.4, -0.2) is 59.9 Å². The number of carbonyl (C=O) groups is 1. The Morgan fingerprint density at radius 2 is 1.81 bits per heavy atom. The first-order valence-corrected chi connectivity index (χ1v) is 19.1. The zero-order valence-corrected chi connectivity index (χ0v) is 21.0. The zero-order chi connectivity index (χ0) is 20.6. The fraction of sp³-hybridized carbons (Fsp3) is 0.833. The first-order chi connectivity index (χ1) is 11.7. The molecular weight excluding hydrogens is 380 g/mol. The highest BCUT2D eigenvalue weighted by Gasteiger charge is 2.41. The van der Waals surface area contributed by atoms with E-state index in [2.05, 4.69) is 52.4 Å². The number of hydrogen-bond acceptors (Lipinski definition) is 5. The summed E-state index contributed by atoms with van der Waals surface area (Å²) in [4.78, 5) is 11.9. The largest absolute Gasteiger partial charge is 0.458 e. The second kappa shape index (κ2) is 10.9. The molecule has 0 spiro atoms. The SMILES string of the molecule is C=CC(=O)OC(CCC[SiH](C)O[Si](C)(C)C)(CC[Si](C)(C)C)C(O)CO. The summed E-state index contributed by atoms with van der Waals surface area (Å²) >= 11 is 0. The van der Waals surface area contributed by atoms with Crippen molar-refractivity contribution in [1.82, 2.24) is 0 Å². The summed E-state index contributed by atoms with van der Waals surface area (Å²) in [5.41, 5.74) is -1.05. The van der Waals surface area contributed by atoms with Crippen molar-refractivity contribution >= 4 is 31.4 Å². The van der Waals surface area contributed by atoms with Gasteiger partial charge in [0.15, 0.2) is 17.4 Å². The third kappa shape index (κ3) is 10.8. The Balaban J connectivity index is 5.19. The van der Waals surface area contributed by atoms with Crippen molar-refractivity contribution in [3.05, 3.63) is 12.7 Å². The van der Waals surface area contributed by atoms with Crippen molar-refractivity contribution in [2.75, 3.05) is 6.61 Å². The standard InChI is InChI=1S/C18H40O5Si3/c1-9-17(21)22-18(16(20)15-19,12-14-25(3,4)5)11-10-13-24(2)23-26(6,7)8/h9,16,19-20,24H,1,10-15H2,2-8H3. The highest BCUT2D eigenvalue weighted by molar-refractivity contribution is 6.77. The van der Waals surface area contributed by atoms with Crippen molar-refractivity contribution in [2.45, 2.75) is 88.9 Å². The summed E-state index contributed by atoms with van der Waals surface area (Å²) in [6, 6.07) is 1.87. The number of rotatable bonds is 13. The average Bonchev–Trinajstić information content (AvgIpc) is 2.48. The fourth-order valence-corrected chi connectivity index (χ4v) is 10.2. The molecule has 3 atom stereocenters. The minimum absolute atomic E-state index is 0.422. The van der Waals surface area contributed by atoms with Gasteiger partial charge in [0.2, 0.25) is 0 Å². The van der Waals surface area contributed by atoms with Gasteiger partial charge in [0.05, 0.1) is 6.61 Å². The Hall–Kier alpha value is -0.259. The van der Waals surface area contributed by atoms with E-state index in [1.54, 1.807) is 0 Å². The van der Waals surface area contributed by atoms with E-state index in [0.29, 0.717) is 12.8 Å². The van der Waals surface area contributed by atoms with Crippen LogP contribution in [0, 0.1) is 0 Å². The van der Waals surface area contributed by atoms with Gasteiger partial charge < -0.3 is 19.1 Å². The molecule has 0 bridgehead atoms. The summed E-state index contributed by atoms with van der Waals surface area (Å²) in [5, 5.41) is 20.1. The van der Waals surface area contributed by atoms with Crippen LogP contribution >= 0.6 is 0 Å². The number of esters is 1. The lowest BCUT2D eigenvalue weighted by Crippen LogP contribution is -2.49. The van der Waals surface area contributed by atoms with Crippen LogP contribution in [0.3, 0.4) is 0 Å². The van der Waals surface area contributed by atoms with Gasteiger partial charge in [-0.25, -0.2) is 4.79 Å². The van der Waals surface area contributed by atoms with Gasteiger partial charge in [-0.2, -0.15) is 0 Å². The molecule has 0 aliphatic rings. The molecule has 0 aromatic carbocycles. The molecular formula is C18H40O5Si3. The summed E-state index contributed by atoms with van der Waals surface area (Å²) in [5.74, 6) is -0.545. The van der Waals surface area contributed by atoms with E-state index < -0.39 is 49.7 Å². The van der Waals surface area contributed by atoms with Crippen LogP contribution in [0.5, 0.6) is 0 Å². The zero-order valence-electron chi connectivity index (χ0n) is 17.8. The van der Waals surface area contributed by atoms with Gasteiger partial charge in [-0.3, -0.25) is 0 Å². The second-order valence-electron chi connectivity index (χ2n) is 9.38. The summed E-state index contributed by atoms with van der Waals surface area (Å²) in [7, 11) is -4.23. The maximum Gasteiger partial charge on any atom is 0.330 e. The van der Waals surface area contributed by atoms with E-state index in [-0.39, 0.29) is 0 Å². The van der Waals surface area contributed by atoms with Crippen molar-refractivity contribution in [1.29, 1.82) is 0 Å². The van der Waals surface area contributed by atoms with Gasteiger partial charge in [0.25, 0.3) is 0 Å². The number of hydrogen-bond donors (Lipinski definition) is 2. The smallest absolute Gasteiger partial charge is 0.330 e. The van der Waals surface area contributed by atoms with Gasteiger partial charge in [-0.15, -0.1) is 0 Å². The van der Waals surface area contributed by atoms with Crippen molar-refractivity contribution in [3.8, 4) is 0 Å². The molecule has 8 heteroatoms. The molecule has 0 aliphatic heterocycles. The molecule has 2 N–H and O–H groups in total. The Labute approximate surface area is 163 Å². The third-order valence-corrected chi connectivity index (χ3v) is 11.7. The van der Waals surface area contributed by atoms with Crippen molar-refractivity contribution < 1.29 is 23.9 Å². The molecule has 0 aliphatic carbocycles. The number of carbonyl (C=O) groups excluding carboxylic acids is 1. The van der Waals surface area contributed by atoms with Crippen LogP contribution in [0.4, 0.5) is 0 Å². The first-order valence-electron chi connectivity index (χ1n) is 9.57. The van der Waals surface area contributed by atoms with Crippen LogP contribution in [0.2, 0.25) is 57.9 Å². The summed E-state index contributed by atoms with van der Waals surface area (Å²) in [6.07, 6.45) is 1.95. The number of aliphatic hydroxyl groups is 2. The predicted molar refractivity (Wildman–Crippen MR) is 116 cm³/mol. The number of ether oxygens (including phenoxy) is 1. The molecule has 0 aromatic heterocycles. The summed E-state index contributed by atoms with van der Waals surface area (Å²) in [6.45, 7) is 18.5. The van der Waals surface area contributed by atoms with Gasteiger partial charge >= 0.3 is 5.97 Å². The molecule has 154 valence electrons. The van der Waals surface area contributed by atoms with Crippen LogP contribution in [0.15, 0.2) is 12.7 Å². The molecule has 26 heavy (non-hydrogen) atoms. The molecule has 5 nitrogen and oxygen atoms in total. The maximum absolute atomic E-state index is 11.9. The van der Waals surface area contributed by atoms with Crippen molar-refractivity contribution in [2.24, 2.45) is 0 Å². The summed E-state index contributed by atoms with van der Waals surface area (Å²) < 4.78 is 11.9. The van der Waals surface area contributed by atoms with E-state index in [4.69, 9.17) is 8.85 Å². The monoisotopic (exact) mass is 420 g/mol. The Morgan fingerprint density at radius 1 is 1.23 bits per heavy atom. The minimum atomic E-state index is -1.54. The Bertz CT molecular complexity index is 445. The third-order valence-electron chi connectivity index (χ3n) is 4.31. The second-order valence-corrected chi connectivity index (χ2v) is 22.4. The van der Waals surface area contributed by atoms with Crippen LogP contribution in [-0.2, 0) is 13.6 Å². The van der Waals surface area contributed by atoms with Gasteiger partial charge in [0.1, 0.15) is 11.7 Å². The van der Waals surface area contributed by atoms with E-state index in [1.165, 1.54) is 0 Å². The normalized spacial score (nSPS) is 17.3. The quantitative estimate of drug-likeness (QED) is 0.271. The van der Waals surface area contributed by atoms with E-state index in [1.807, 2.05) is 0 Å². The molecule has 3 unspecified atom stereocenters. The van der Waals surface area contributed by atoms with E-state index in [9.17, 15) is 15.0 Å². The van der Waals surface area contributed by atoms with Gasteiger partial charge in [-0.1, -0.05) is 32.3 Å². The molecule has 0 fully saturated rings. The van der Waals surface area contributed by atoms with Crippen LogP contribution in [0.1, 0.15) is 19.3 Å². The van der Waals surface area contributed by atoms with Crippen molar-refractivity contribution in [3.63, 3.8) is 0 Å². The lowest BCUT2D eigenvalue weighted by molar-refractivity contribution is -0.174. The van der Waals surface area contributed by atoms with Crippen LogP contribution < -0.4 is 0 Å². The predicted octanol–water partition coefficient (Wildman–Crippen LogP) is 3.52. The first kappa shape index (κ1) is 25.7. The molecule has 0 saturated carbocycles.